The second-order valence-corrected chi connectivity index (χ2v) is 6.62. The van der Waals surface area contributed by atoms with Crippen LogP contribution in [0.15, 0.2) is 52.4 Å². The zero-order valence-corrected chi connectivity index (χ0v) is 15.7. The van der Waals surface area contributed by atoms with Crippen LogP contribution in [-0.4, -0.2) is 25.3 Å². The molecule has 1 amide bonds. The van der Waals surface area contributed by atoms with Crippen LogP contribution in [0.4, 0.5) is 5.69 Å². The highest BCUT2D eigenvalue weighted by Crippen LogP contribution is 2.35. The van der Waals surface area contributed by atoms with Crippen LogP contribution >= 0.6 is 11.8 Å². The molecular weight excluding hydrogens is 348 g/mol. The summed E-state index contributed by atoms with van der Waals surface area (Å²) in [6, 6.07) is 13.5. The summed E-state index contributed by atoms with van der Waals surface area (Å²) in [7, 11) is 3.16. The lowest BCUT2D eigenvalue weighted by Gasteiger charge is -2.10. The minimum absolute atomic E-state index is 0.177. The number of amidine groups is 1. The Kier molecular flexibility index (Phi) is 5.63. The highest BCUT2D eigenvalue weighted by Gasteiger charge is 2.24. The summed E-state index contributed by atoms with van der Waals surface area (Å²) < 4.78 is 10.7. The number of aryl methyl sites for hydroxylation is 1. The number of ether oxygens (including phenoxy) is 2. The van der Waals surface area contributed by atoms with E-state index in [1.165, 1.54) is 17.3 Å². The van der Waals surface area contributed by atoms with Gasteiger partial charge in [-0.25, -0.2) is 4.99 Å². The third-order valence-corrected chi connectivity index (χ3v) is 4.86. The van der Waals surface area contributed by atoms with E-state index in [4.69, 9.17) is 9.47 Å². The molecule has 1 aliphatic rings. The number of aliphatic imine (C=N–C) groups is 1. The van der Waals surface area contributed by atoms with Crippen LogP contribution in [0, 0.1) is 0 Å². The molecule has 1 N–H and O–H groups in total. The van der Waals surface area contributed by atoms with Crippen LogP contribution in [0.25, 0.3) is 6.08 Å². The number of nitrogens with zero attached hydrogens (tertiary/aromatic N) is 1. The molecule has 1 heterocycles. The second-order valence-electron chi connectivity index (χ2n) is 5.58. The van der Waals surface area contributed by atoms with Crippen molar-refractivity contribution in [1.82, 2.24) is 5.32 Å². The van der Waals surface area contributed by atoms with E-state index in [0.29, 0.717) is 21.6 Å². The molecule has 5 nitrogen and oxygen atoms in total. The number of nitrogens with one attached hydrogen (secondary N) is 1. The quantitative estimate of drug-likeness (QED) is 0.805. The Bertz CT molecular complexity index is 873. The Morgan fingerprint density at radius 2 is 1.88 bits per heavy atom. The number of para-hydroxylation sites is 1. The van der Waals surface area contributed by atoms with Crippen LogP contribution in [0.3, 0.4) is 0 Å². The Hall–Kier alpha value is -2.73. The van der Waals surface area contributed by atoms with Crippen LogP contribution in [0.2, 0.25) is 0 Å². The monoisotopic (exact) mass is 368 g/mol. The molecule has 1 aliphatic heterocycles. The predicted molar refractivity (Wildman–Crippen MR) is 106 cm³/mol. The van der Waals surface area contributed by atoms with Crippen molar-refractivity contribution in [3.8, 4) is 11.5 Å². The van der Waals surface area contributed by atoms with Gasteiger partial charge in [-0.15, -0.1) is 0 Å². The maximum Gasteiger partial charge on any atom is 0.264 e. The first-order valence-corrected chi connectivity index (χ1v) is 9.05. The number of hydrogen-bond donors (Lipinski definition) is 1. The van der Waals surface area contributed by atoms with Crippen molar-refractivity contribution >= 4 is 34.6 Å². The first-order chi connectivity index (χ1) is 12.6. The standard InChI is InChI=1S/C20H20N2O3S/c1-4-13-8-10-15(11-9-13)21-20-22-19(23)17(26-20)12-14-6-5-7-16(24-2)18(14)25-3/h5-12H,4H2,1-3H3,(H,21,22,23)/b17-12-. The van der Waals surface area contributed by atoms with Gasteiger partial charge in [-0.05, 0) is 48.0 Å². The molecule has 0 bridgehead atoms. The van der Waals surface area contributed by atoms with Crippen molar-refractivity contribution in [1.29, 1.82) is 0 Å². The molecule has 0 aliphatic carbocycles. The molecule has 0 atom stereocenters. The third kappa shape index (κ3) is 3.91. The van der Waals surface area contributed by atoms with E-state index in [1.54, 1.807) is 20.3 Å². The van der Waals surface area contributed by atoms with Gasteiger partial charge < -0.3 is 14.8 Å². The smallest absolute Gasteiger partial charge is 0.264 e. The van der Waals surface area contributed by atoms with Gasteiger partial charge in [0.1, 0.15) is 0 Å². The van der Waals surface area contributed by atoms with E-state index < -0.39 is 0 Å². The lowest BCUT2D eigenvalue weighted by atomic mass is 10.1. The molecule has 3 rings (SSSR count). The molecule has 0 spiro atoms. The second kappa shape index (κ2) is 8.10. The number of thioether (sulfide) groups is 1. The SMILES string of the molecule is CCc1ccc(N=C2NC(=O)/C(=C/c3cccc(OC)c3OC)S2)cc1. The first kappa shape index (κ1) is 18.1. The normalized spacial score (nSPS) is 16.8. The Balaban J connectivity index is 1.85. The fraction of sp³-hybridized carbons (Fsp3) is 0.200. The third-order valence-electron chi connectivity index (χ3n) is 3.95. The van der Waals surface area contributed by atoms with Gasteiger partial charge in [0, 0.05) is 5.56 Å². The summed E-state index contributed by atoms with van der Waals surface area (Å²) in [6.07, 6.45) is 2.77. The van der Waals surface area contributed by atoms with Crippen LogP contribution in [0.1, 0.15) is 18.1 Å². The molecule has 0 saturated carbocycles. The first-order valence-electron chi connectivity index (χ1n) is 8.24. The Morgan fingerprint density at radius 1 is 1.12 bits per heavy atom. The molecule has 0 radical (unpaired) electrons. The van der Waals surface area contributed by atoms with E-state index in [0.717, 1.165) is 17.7 Å². The lowest BCUT2D eigenvalue weighted by Crippen LogP contribution is -2.19. The summed E-state index contributed by atoms with van der Waals surface area (Å²) in [5.74, 6) is 1.04. The van der Waals surface area contributed by atoms with E-state index in [1.807, 2.05) is 42.5 Å². The molecule has 1 fully saturated rings. The number of hydrogen-bond acceptors (Lipinski definition) is 5. The zero-order valence-electron chi connectivity index (χ0n) is 14.9. The number of carbonyl (C=O) groups is 1. The molecule has 2 aromatic carbocycles. The van der Waals surface area contributed by atoms with Gasteiger partial charge >= 0.3 is 0 Å². The van der Waals surface area contributed by atoms with Crippen molar-refractivity contribution in [3.05, 3.63) is 58.5 Å². The van der Waals surface area contributed by atoms with E-state index in [-0.39, 0.29) is 5.91 Å². The molecule has 2 aromatic rings. The zero-order chi connectivity index (χ0) is 18.5. The van der Waals surface area contributed by atoms with E-state index in [2.05, 4.69) is 17.2 Å². The minimum atomic E-state index is -0.177. The largest absolute Gasteiger partial charge is 0.493 e. The molecule has 0 unspecified atom stereocenters. The predicted octanol–water partition coefficient (Wildman–Crippen LogP) is 4.16. The summed E-state index contributed by atoms with van der Waals surface area (Å²) in [6.45, 7) is 2.11. The number of rotatable bonds is 5. The molecule has 0 aromatic heterocycles. The van der Waals surface area contributed by atoms with Gasteiger partial charge in [0.05, 0.1) is 24.8 Å². The number of carbonyl (C=O) groups excluding carboxylic acids is 1. The van der Waals surface area contributed by atoms with Crippen LogP contribution < -0.4 is 14.8 Å². The van der Waals surface area contributed by atoms with Gasteiger partial charge in [0.25, 0.3) is 5.91 Å². The highest BCUT2D eigenvalue weighted by molar-refractivity contribution is 8.18. The summed E-state index contributed by atoms with van der Waals surface area (Å²) in [4.78, 5) is 17.3. The topological polar surface area (TPSA) is 59.9 Å². The van der Waals surface area contributed by atoms with Crippen molar-refractivity contribution in [2.75, 3.05) is 14.2 Å². The van der Waals surface area contributed by atoms with Gasteiger partial charge in [-0.2, -0.15) is 0 Å². The van der Waals surface area contributed by atoms with Crippen LogP contribution in [0.5, 0.6) is 11.5 Å². The summed E-state index contributed by atoms with van der Waals surface area (Å²) in [5, 5.41) is 3.36. The van der Waals surface area contributed by atoms with Gasteiger partial charge in [0.15, 0.2) is 16.7 Å². The maximum absolute atomic E-state index is 12.3. The summed E-state index contributed by atoms with van der Waals surface area (Å²) >= 11 is 1.31. The van der Waals surface area contributed by atoms with Crippen molar-refractivity contribution in [2.45, 2.75) is 13.3 Å². The Labute approximate surface area is 157 Å². The van der Waals surface area contributed by atoms with Gasteiger partial charge in [0.2, 0.25) is 0 Å². The molecule has 134 valence electrons. The van der Waals surface area contributed by atoms with Gasteiger partial charge in [-0.3, -0.25) is 4.79 Å². The summed E-state index contributed by atoms with van der Waals surface area (Å²) in [5.41, 5.74) is 2.84. The molecule has 6 heteroatoms. The Morgan fingerprint density at radius 3 is 2.54 bits per heavy atom. The average Bonchev–Trinajstić information content (AvgIpc) is 3.01. The fourth-order valence-corrected chi connectivity index (χ4v) is 3.40. The van der Waals surface area contributed by atoms with E-state index in [9.17, 15) is 4.79 Å². The molecule has 26 heavy (non-hydrogen) atoms. The van der Waals surface area contributed by atoms with Crippen molar-refractivity contribution in [2.24, 2.45) is 4.99 Å². The number of amides is 1. The van der Waals surface area contributed by atoms with E-state index >= 15 is 0 Å². The maximum atomic E-state index is 12.3. The highest BCUT2D eigenvalue weighted by atomic mass is 32.2. The van der Waals surface area contributed by atoms with Crippen LogP contribution in [-0.2, 0) is 11.2 Å². The average molecular weight is 368 g/mol. The molecule has 1 saturated heterocycles. The van der Waals surface area contributed by atoms with Crippen molar-refractivity contribution < 1.29 is 14.3 Å². The number of benzene rings is 2. The van der Waals surface area contributed by atoms with Crippen molar-refractivity contribution in [3.63, 3.8) is 0 Å². The fourth-order valence-electron chi connectivity index (χ4n) is 2.57. The van der Waals surface area contributed by atoms with Gasteiger partial charge in [-0.1, -0.05) is 31.2 Å². The lowest BCUT2D eigenvalue weighted by molar-refractivity contribution is -0.115. The number of methoxy groups -OCH3 is 2. The molecular formula is C20H20N2O3S. The minimum Gasteiger partial charge on any atom is -0.493 e.